The molecule has 0 amide bonds. The van der Waals surface area contributed by atoms with Crippen LogP contribution in [0, 0.1) is 18.6 Å². The van der Waals surface area contributed by atoms with E-state index in [1.807, 2.05) is 6.92 Å². The molecule has 0 aliphatic rings. The van der Waals surface area contributed by atoms with E-state index < -0.39 is 22.4 Å². The van der Waals surface area contributed by atoms with Crippen molar-refractivity contribution in [3.63, 3.8) is 0 Å². The molecule has 19 heavy (non-hydrogen) atoms. The van der Waals surface area contributed by atoms with E-state index in [4.69, 9.17) is 5.73 Å². The molecule has 2 N–H and O–H groups in total. The van der Waals surface area contributed by atoms with Gasteiger partial charge in [-0.1, -0.05) is 18.2 Å². The van der Waals surface area contributed by atoms with Crippen LogP contribution in [-0.4, -0.2) is 4.21 Å². The van der Waals surface area contributed by atoms with Crippen molar-refractivity contribution in [1.29, 1.82) is 0 Å². The Bertz CT molecular complexity index is 643. The smallest absolute Gasteiger partial charge is 0.162 e. The lowest BCUT2D eigenvalue weighted by molar-refractivity contribution is 0.502. The van der Waals surface area contributed by atoms with E-state index in [9.17, 15) is 13.0 Å². The molecule has 0 radical (unpaired) electrons. The normalized spacial score (nSPS) is 12.4. The van der Waals surface area contributed by atoms with Crippen LogP contribution in [0.15, 0.2) is 41.3 Å². The lowest BCUT2D eigenvalue weighted by atomic mass is 10.2. The van der Waals surface area contributed by atoms with Gasteiger partial charge in [0.05, 0.1) is 21.4 Å². The molecule has 100 valence electrons. The molecule has 2 aromatic carbocycles. The summed E-state index contributed by atoms with van der Waals surface area (Å²) in [6.07, 6.45) is 0. The number of hydrogen-bond donors (Lipinski definition) is 1. The third-order valence-corrected chi connectivity index (χ3v) is 4.16. The van der Waals surface area contributed by atoms with E-state index in [1.165, 1.54) is 12.1 Å². The molecular formula is C14H13F2NOS. The molecule has 0 aliphatic heterocycles. The van der Waals surface area contributed by atoms with E-state index >= 15 is 0 Å². The van der Waals surface area contributed by atoms with Crippen molar-refractivity contribution in [2.75, 3.05) is 5.73 Å². The Labute approximate surface area is 112 Å². The van der Waals surface area contributed by atoms with Crippen LogP contribution in [0.5, 0.6) is 0 Å². The van der Waals surface area contributed by atoms with Crippen LogP contribution >= 0.6 is 0 Å². The number of aryl methyl sites for hydroxylation is 1. The molecule has 0 aromatic heterocycles. The highest BCUT2D eigenvalue weighted by Gasteiger charge is 2.13. The first-order valence-corrected chi connectivity index (χ1v) is 6.98. The Kier molecular flexibility index (Phi) is 3.95. The van der Waals surface area contributed by atoms with Crippen molar-refractivity contribution in [1.82, 2.24) is 0 Å². The lowest BCUT2D eigenvalue weighted by Crippen LogP contribution is -2.03. The maximum atomic E-state index is 13.5. The summed E-state index contributed by atoms with van der Waals surface area (Å²) in [6, 6.07) is 8.98. The van der Waals surface area contributed by atoms with Gasteiger partial charge in [0.2, 0.25) is 0 Å². The van der Waals surface area contributed by atoms with Gasteiger partial charge in [0, 0.05) is 11.3 Å². The van der Waals surface area contributed by atoms with Gasteiger partial charge in [0.15, 0.2) is 11.6 Å². The first-order valence-electron chi connectivity index (χ1n) is 5.66. The summed E-state index contributed by atoms with van der Waals surface area (Å²) in [4.78, 5) is 0.439. The minimum Gasteiger partial charge on any atom is -0.398 e. The van der Waals surface area contributed by atoms with Crippen molar-refractivity contribution >= 4 is 16.5 Å². The molecule has 0 spiro atoms. The molecule has 0 aliphatic carbocycles. The Morgan fingerprint density at radius 3 is 2.63 bits per heavy atom. The molecule has 5 heteroatoms. The number of rotatable bonds is 3. The number of anilines is 1. The SMILES string of the molecule is Cc1ccc(S(=O)Cc2cccc(F)c2F)c(N)c1. The summed E-state index contributed by atoms with van der Waals surface area (Å²) in [6.45, 7) is 1.87. The van der Waals surface area contributed by atoms with E-state index in [1.54, 1.807) is 18.2 Å². The standard InChI is InChI=1S/C14H13F2NOS/c1-9-5-6-13(12(17)7-9)19(18)8-10-3-2-4-11(15)14(10)16/h2-7H,8,17H2,1H3. The average molecular weight is 281 g/mol. The van der Waals surface area contributed by atoms with E-state index in [2.05, 4.69) is 0 Å². The fourth-order valence-corrected chi connectivity index (χ4v) is 2.96. The van der Waals surface area contributed by atoms with Crippen LogP contribution in [0.4, 0.5) is 14.5 Å². The predicted octanol–water partition coefficient (Wildman–Crippen LogP) is 3.16. The minimum absolute atomic E-state index is 0.0818. The van der Waals surface area contributed by atoms with Gasteiger partial charge in [0.25, 0.3) is 0 Å². The Balaban J connectivity index is 2.28. The second-order valence-electron chi connectivity index (χ2n) is 4.24. The number of hydrogen-bond acceptors (Lipinski definition) is 2. The summed E-state index contributed by atoms with van der Waals surface area (Å²) in [5.74, 6) is -2.00. The Hall–Kier alpha value is -1.75. The zero-order chi connectivity index (χ0) is 14.0. The average Bonchev–Trinajstić information content (AvgIpc) is 2.34. The number of halogens is 2. The van der Waals surface area contributed by atoms with Crippen molar-refractivity contribution in [3.8, 4) is 0 Å². The van der Waals surface area contributed by atoms with Crippen LogP contribution in [0.3, 0.4) is 0 Å². The minimum atomic E-state index is -1.50. The fraction of sp³-hybridized carbons (Fsp3) is 0.143. The molecule has 0 saturated carbocycles. The van der Waals surface area contributed by atoms with E-state index in [0.29, 0.717) is 10.6 Å². The van der Waals surface area contributed by atoms with Gasteiger partial charge in [0.1, 0.15) is 0 Å². The lowest BCUT2D eigenvalue weighted by Gasteiger charge is -2.08. The van der Waals surface area contributed by atoms with Crippen molar-refractivity contribution < 1.29 is 13.0 Å². The van der Waals surface area contributed by atoms with Gasteiger partial charge in [-0.15, -0.1) is 0 Å². The maximum absolute atomic E-state index is 13.5. The summed E-state index contributed by atoms with van der Waals surface area (Å²) in [5, 5.41) is 0. The quantitative estimate of drug-likeness (QED) is 0.878. The molecule has 2 aromatic rings. The molecular weight excluding hydrogens is 268 g/mol. The van der Waals surface area contributed by atoms with Gasteiger partial charge < -0.3 is 5.73 Å². The summed E-state index contributed by atoms with van der Waals surface area (Å²) < 4.78 is 38.7. The Morgan fingerprint density at radius 1 is 1.21 bits per heavy atom. The molecule has 0 bridgehead atoms. The third-order valence-electron chi connectivity index (χ3n) is 2.73. The largest absolute Gasteiger partial charge is 0.398 e. The molecule has 2 rings (SSSR count). The highest BCUT2D eigenvalue weighted by molar-refractivity contribution is 7.84. The predicted molar refractivity (Wildman–Crippen MR) is 72.1 cm³/mol. The molecule has 1 unspecified atom stereocenters. The van der Waals surface area contributed by atoms with Gasteiger partial charge in [-0.3, -0.25) is 4.21 Å². The molecule has 0 saturated heterocycles. The van der Waals surface area contributed by atoms with Gasteiger partial charge in [-0.2, -0.15) is 0 Å². The van der Waals surface area contributed by atoms with Crippen LogP contribution in [-0.2, 0) is 16.6 Å². The summed E-state index contributed by atoms with van der Waals surface area (Å²) in [7, 11) is -1.50. The summed E-state index contributed by atoms with van der Waals surface area (Å²) >= 11 is 0. The highest BCUT2D eigenvalue weighted by Crippen LogP contribution is 2.22. The van der Waals surface area contributed by atoms with Crippen LogP contribution in [0.1, 0.15) is 11.1 Å². The molecule has 1 atom stereocenters. The van der Waals surface area contributed by atoms with Gasteiger partial charge in [-0.05, 0) is 30.7 Å². The number of benzene rings is 2. The molecule has 0 fully saturated rings. The summed E-state index contributed by atoms with van der Waals surface area (Å²) in [5.41, 5.74) is 7.22. The van der Waals surface area contributed by atoms with Crippen LogP contribution in [0.25, 0.3) is 0 Å². The van der Waals surface area contributed by atoms with Crippen LogP contribution < -0.4 is 5.73 Å². The van der Waals surface area contributed by atoms with Crippen molar-refractivity contribution in [2.45, 2.75) is 17.6 Å². The third kappa shape index (κ3) is 2.98. The zero-order valence-electron chi connectivity index (χ0n) is 10.3. The Morgan fingerprint density at radius 2 is 1.95 bits per heavy atom. The molecule has 2 nitrogen and oxygen atoms in total. The maximum Gasteiger partial charge on any atom is 0.162 e. The van der Waals surface area contributed by atoms with Gasteiger partial charge >= 0.3 is 0 Å². The van der Waals surface area contributed by atoms with Gasteiger partial charge in [-0.25, -0.2) is 8.78 Å². The first-order chi connectivity index (χ1) is 8.99. The van der Waals surface area contributed by atoms with E-state index in [0.717, 1.165) is 11.6 Å². The fourth-order valence-electron chi connectivity index (χ4n) is 1.75. The topological polar surface area (TPSA) is 43.1 Å². The second-order valence-corrected chi connectivity index (χ2v) is 5.66. The first kappa shape index (κ1) is 13.7. The van der Waals surface area contributed by atoms with Crippen LogP contribution in [0.2, 0.25) is 0 Å². The highest BCUT2D eigenvalue weighted by atomic mass is 32.2. The number of nitrogen functional groups attached to an aromatic ring is 1. The zero-order valence-corrected chi connectivity index (χ0v) is 11.1. The van der Waals surface area contributed by atoms with Crippen molar-refractivity contribution in [2.24, 2.45) is 0 Å². The monoisotopic (exact) mass is 281 g/mol. The van der Waals surface area contributed by atoms with E-state index in [-0.39, 0.29) is 11.3 Å². The number of nitrogens with two attached hydrogens (primary N) is 1. The van der Waals surface area contributed by atoms with Crippen molar-refractivity contribution in [3.05, 3.63) is 59.2 Å². The molecule has 0 heterocycles. The second kappa shape index (κ2) is 5.48.